The first-order valence-corrected chi connectivity index (χ1v) is 7.04. The molecule has 0 aliphatic rings. The predicted molar refractivity (Wildman–Crippen MR) is 86.4 cm³/mol. The third-order valence-corrected chi connectivity index (χ3v) is 3.53. The Morgan fingerprint density at radius 2 is 2.04 bits per heavy atom. The van der Waals surface area contributed by atoms with Gasteiger partial charge in [0.1, 0.15) is 5.39 Å². The number of carbonyl (C=O) groups excluding carboxylic acids is 1. The van der Waals surface area contributed by atoms with Gasteiger partial charge in [0, 0.05) is 26.2 Å². The van der Waals surface area contributed by atoms with Gasteiger partial charge in [0.25, 0.3) is 11.5 Å². The molecule has 8 nitrogen and oxygen atoms in total. The highest BCUT2D eigenvalue weighted by molar-refractivity contribution is 5.93. The Labute approximate surface area is 131 Å². The molecule has 0 saturated heterocycles. The average Bonchev–Trinajstić information content (AvgIpc) is 3.04. The topological polar surface area (TPSA) is 107 Å². The molecule has 2 aromatic heterocycles. The molecule has 0 atom stereocenters. The number of carbonyl (C=O) groups is 1. The quantitative estimate of drug-likeness (QED) is 0.655. The molecule has 0 fully saturated rings. The number of rotatable bonds is 4. The molecule has 0 saturated carbocycles. The molecular formula is C15H16N6O2. The van der Waals surface area contributed by atoms with E-state index in [2.05, 4.69) is 25.5 Å². The van der Waals surface area contributed by atoms with E-state index in [0.29, 0.717) is 29.1 Å². The monoisotopic (exact) mass is 312 g/mol. The summed E-state index contributed by atoms with van der Waals surface area (Å²) in [4.78, 5) is 32.4. The minimum absolute atomic E-state index is 0.124. The molecular weight excluding hydrogens is 296 g/mol. The molecule has 3 aromatic rings. The maximum atomic E-state index is 11.9. The van der Waals surface area contributed by atoms with Crippen LogP contribution in [0.25, 0.3) is 11.0 Å². The molecule has 118 valence electrons. The molecule has 0 bridgehead atoms. The van der Waals surface area contributed by atoms with Gasteiger partial charge in [-0.1, -0.05) is 12.1 Å². The summed E-state index contributed by atoms with van der Waals surface area (Å²) >= 11 is 0. The molecule has 0 radical (unpaired) electrons. The zero-order chi connectivity index (χ0) is 16.4. The number of anilines is 1. The molecule has 2 heterocycles. The fourth-order valence-electron chi connectivity index (χ4n) is 2.27. The largest absolute Gasteiger partial charge is 0.355 e. The summed E-state index contributed by atoms with van der Waals surface area (Å²) in [5, 5.41) is 9.52. The first-order chi connectivity index (χ1) is 11.1. The molecule has 3 rings (SSSR count). The molecule has 1 aromatic carbocycles. The van der Waals surface area contributed by atoms with E-state index in [-0.39, 0.29) is 11.5 Å². The lowest BCUT2D eigenvalue weighted by Crippen LogP contribution is -2.23. The molecule has 23 heavy (non-hydrogen) atoms. The van der Waals surface area contributed by atoms with Crippen LogP contribution >= 0.6 is 0 Å². The van der Waals surface area contributed by atoms with Crippen LogP contribution in [-0.4, -0.2) is 40.2 Å². The van der Waals surface area contributed by atoms with Crippen molar-refractivity contribution in [3.8, 4) is 0 Å². The van der Waals surface area contributed by atoms with E-state index in [4.69, 9.17) is 0 Å². The van der Waals surface area contributed by atoms with E-state index in [0.717, 1.165) is 5.56 Å². The predicted octanol–water partition coefficient (Wildman–Crippen LogP) is 0.642. The van der Waals surface area contributed by atoms with Crippen LogP contribution in [-0.2, 0) is 6.54 Å². The highest BCUT2D eigenvalue weighted by Crippen LogP contribution is 2.12. The summed E-state index contributed by atoms with van der Waals surface area (Å²) < 4.78 is 0. The zero-order valence-corrected chi connectivity index (χ0v) is 12.8. The Hall–Kier alpha value is -3.16. The molecule has 1 amide bonds. The Morgan fingerprint density at radius 1 is 1.30 bits per heavy atom. The number of fused-ring (bicyclic) bond motifs is 1. The van der Waals surface area contributed by atoms with Crippen molar-refractivity contribution in [2.45, 2.75) is 6.54 Å². The van der Waals surface area contributed by atoms with Crippen molar-refractivity contribution in [1.82, 2.24) is 25.5 Å². The maximum Gasteiger partial charge on any atom is 0.263 e. The zero-order valence-electron chi connectivity index (χ0n) is 12.8. The summed E-state index contributed by atoms with van der Waals surface area (Å²) in [5.41, 5.74) is 1.81. The van der Waals surface area contributed by atoms with Gasteiger partial charge in [0.05, 0.1) is 6.20 Å². The van der Waals surface area contributed by atoms with Gasteiger partial charge in [-0.05, 0) is 17.7 Å². The lowest BCUT2D eigenvalue weighted by Gasteiger charge is -2.17. The third kappa shape index (κ3) is 2.91. The second kappa shape index (κ2) is 5.91. The number of H-pyrrole nitrogens is 2. The van der Waals surface area contributed by atoms with Crippen LogP contribution in [0.2, 0.25) is 0 Å². The van der Waals surface area contributed by atoms with E-state index in [1.807, 2.05) is 24.1 Å². The second-order valence-electron chi connectivity index (χ2n) is 5.15. The van der Waals surface area contributed by atoms with Gasteiger partial charge in [-0.15, -0.1) is 0 Å². The van der Waals surface area contributed by atoms with Crippen molar-refractivity contribution in [1.29, 1.82) is 0 Å². The number of hydrogen-bond donors (Lipinski definition) is 3. The van der Waals surface area contributed by atoms with Crippen LogP contribution in [0, 0.1) is 0 Å². The number of nitrogens with one attached hydrogen (secondary N) is 3. The van der Waals surface area contributed by atoms with Gasteiger partial charge in [0.2, 0.25) is 5.95 Å². The number of aromatic amines is 2. The highest BCUT2D eigenvalue weighted by atomic mass is 16.1. The van der Waals surface area contributed by atoms with Gasteiger partial charge in [0.15, 0.2) is 5.65 Å². The van der Waals surface area contributed by atoms with Gasteiger partial charge < -0.3 is 10.2 Å². The van der Waals surface area contributed by atoms with Crippen LogP contribution in [0.5, 0.6) is 0 Å². The fraction of sp³-hybridized carbons (Fsp3) is 0.200. The normalized spacial score (nSPS) is 10.7. The number of hydrogen-bond acceptors (Lipinski definition) is 5. The smallest absolute Gasteiger partial charge is 0.263 e. The summed E-state index contributed by atoms with van der Waals surface area (Å²) in [6.07, 6.45) is 1.45. The Morgan fingerprint density at radius 3 is 2.74 bits per heavy atom. The average molecular weight is 312 g/mol. The number of nitrogens with zero attached hydrogens (tertiary/aromatic N) is 3. The van der Waals surface area contributed by atoms with E-state index in [9.17, 15) is 9.59 Å². The fourth-order valence-corrected chi connectivity index (χ4v) is 2.27. The van der Waals surface area contributed by atoms with Gasteiger partial charge in [-0.2, -0.15) is 10.1 Å². The van der Waals surface area contributed by atoms with Crippen LogP contribution in [0.3, 0.4) is 0 Å². The lowest BCUT2D eigenvalue weighted by atomic mass is 10.1. The Bertz CT molecular complexity index is 896. The summed E-state index contributed by atoms with van der Waals surface area (Å²) in [6, 6.07) is 7.26. The van der Waals surface area contributed by atoms with E-state index >= 15 is 0 Å². The Kier molecular flexibility index (Phi) is 3.80. The summed E-state index contributed by atoms with van der Waals surface area (Å²) in [7, 11) is 3.42. The molecule has 0 aliphatic carbocycles. The van der Waals surface area contributed by atoms with Gasteiger partial charge >= 0.3 is 0 Å². The first kappa shape index (κ1) is 14.8. The van der Waals surface area contributed by atoms with Crippen molar-refractivity contribution in [3.63, 3.8) is 0 Å². The van der Waals surface area contributed by atoms with Crippen molar-refractivity contribution in [2.24, 2.45) is 0 Å². The van der Waals surface area contributed by atoms with Gasteiger partial charge in [-0.3, -0.25) is 19.7 Å². The summed E-state index contributed by atoms with van der Waals surface area (Å²) in [5.74, 6) is 0.322. The molecule has 3 N–H and O–H groups in total. The number of benzene rings is 1. The van der Waals surface area contributed by atoms with Crippen molar-refractivity contribution in [2.75, 3.05) is 19.0 Å². The van der Waals surface area contributed by atoms with Crippen molar-refractivity contribution in [3.05, 3.63) is 51.9 Å². The minimum Gasteiger partial charge on any atom is -0.355 e. The van der Waals surface area contributed by atoms with E-state index in [1.165, 1.54) is 6.20 Å². The highest BCUT2D eigenvalue weighted by Gasteiger charge is 2.10. The molecule has 0 unspecified atom stereocenters. The second-order valence-corrected chi connectivity index (χ2v) is 5.15. The number of amides is 1. The van der Waals surface area contributed by atoms with Crippen molar-refractivity contribution < 1.29 is 4.79 Å². The molecule has 0 aliphatic heterocycles. The van der Waals surface area contributed by atoms with E-state index < -0.39 is 0 Å². The van der Waals surface area contributed by atoms with Gasteiger partial charge in [-0.25, -0.2) is 0 Å². The lowest BCUT2D eigenvalue weighted by molar-refractivity contribution is 0.0963. The molecule has 8 heteroatoms. The van der Waals surface area contributed by atoms with Crippen LogP contribution < -0.4 is 15.8 Å². The van der Waals surface area contributed by atoms with Crippen LogP contribution in [0.4, 0.5) is 5.95 Å². The standard InChI is InChI=1S/C15H16N6O2/c1-16-13(22)10-5-3-9(4-6-10)8-21(2)15-18-12-11(7-17-20-12)14(23)19-15/h3-7H,8H2,1-2H3,(H,16,22)(H2,17,18,19,20,23). The third-order valence-electron chi connectivity index (χ3n) is 3.53. The van der Waals surface area contributed by atoms with Crippen molar-refractivity contribution >= 4 is 22.9 Å². The Balaban J connectivity index is 1.81. The number of aromatic nitrogens is 4. The van der Waals surface area contributed by atoms with E-state index in [1.54, 1.807) is 19.2 Å². The maximum absolute atomic E-state index is 11.9. The minimum atomic E-state index is -0.236. The van der Waals surface area contributed by atoms with Crippen LogP contribution in [0.15, 0.2) is 35.3 Å². The SMILES string of the molecule is CNC(=O)c1ccc(CN(C)c2nc3[nH]ncc3c(=O)[nH]2)cc1. The summed E-state index contributed by atoms with van der Waals surface area (Å²) in [6.45, 7) is 0.538. The first-order valence-electron chi connectivity index (χ1n) is 7.04. The molecule has 0 spiro atoms. The van der Waals surface area contributed by atoms with Crippen LogP contribution in [0.1, 0.15) is 15.9 Å².